The lowest BCUT2D eigenvalue weighted by molar-refractivity contribution is -0.147. The number of H-pyrrole nitrogens is 1. The second kappa shape index (κ2) is 23.4. The Morgan fingerprint density at radius 2 is 1.29 bits per heavy atom. The summed E-state index contributed by atoms with van der Waals surface area (Å²) in [6.45, 7) is -0.0475. The van der Waals surface area contributed by atoms with Gasteiger partial charge < -0.3 is 74.9 Å². The van der Waals surface area contributed by atoms with Gasteiger partial charge in [0.05, 0.1) is 18.9 Å². The summed E-state index contributed by atoms with van der Waals surface area (Å²) in [4.78, 5) is 139. The predicted molar refractivity (Wildman–Crippen MR) is 229 cm³/mol. The highest BCUT2D eigenvalue weighted by Crippen LogP contribution is 2.23. The Kier molecular flexibility index (Phi) is 18.1. The first-order valence-corrected chi connectivity index (χ1v) is 21.0. The molecule has 2 aliphatic heterocycles. The zero-order chi connectivity index (χ0) is 48.0. The SMILES string of the molecule is NC(=O)CC[C@H](NC(=O)[C@@H]1CCCN1C(=O)[C@H](CC(=O)O)NC(=O)[C@H](CCCN=C(N)N)NC(=O)[C@@H]1CCCN1C(=O)[C@H](CC(N)=O)NC(=O)[C@@H](N)Cc1c[nH]c2ccccc12)C(=O)O. The van der Waals surface area contributed by atoms with Gasteiger partial charge in [0.1, 0.15) is 36.3 Å². The third-order valence-electron chi connectivity index (χ3n) is 11.0. The van der Waals surface area contributed by atoms with Gasteiger partial charge in [0.25, 0.3) is 0 Å². The quantitative estimate of drug-likeness (QED) is 0.0269. The minimum Gasteiger partial charge on any atom is -0.481 e. The van der Waals surface area contributed by atoms with E-state index in [9.17, 15) is 58.2 Å². The van der Waals surface area contributed by atoms with E-state index < -0.39 is 114 Å². The summed E-state index contributed by atoms with van der Waals surface area (Å²) >= 11 is 0. The van der Waals surface area contributed by atoms with E-state index in [4.69, 9.17) is 28.7 Å². The summed E-state index contributed by atoms with van der Waals surface area (Å²) in [6.07, 6.45) is 0.178. The number of aliphatic imine (C=N–C) groups is 1. The zero-order valence-corrected chi connectivity index (χ0v) is 35.5. The van der Waals surface area contributed by atoms with E-state index in [1.54, 1.807) is 6.20 Å². The fourth-order valence-electron chi connectivity index (χ4n) is 7.82. The number of carboxylic acids is 2. The van der Waals surface area contributed by atoms with Crippen LogP contribution >= 0.6 is 0 Å². The van der Waals surface area contributed by atoms with Gasteiger partial charge in [-0.3, -0.25) is 48.1 Å². The van der Waals surface area contributed by atoms with E-state index in [2.05, 4.69) is 31.2 Å². The first kappa shape index (κ1) is 50.3. The second-order valence-electron chi connectivity index (χ2n) is 15.9. The van der Waals surface area contributed by atoms with Crippen LogP contribution in [0.5, 0.6) is 0 Å². The van der Waals surface area contributed by atoms with E-state index in [0.29, 0.717) is 6.42 Å². The van der Waals surface area contributed by atoms with Crippen LogP contribution in [-0.2, 0) is 54.4 Å². The first-order chi connectivity index (χ1) is 30.8. The summed E-state index contributed by atoms with van der Waals surface area (Å²) in [5.74, 6) is -10.3. The Bertz CT molecular complexity index is 2160. The number of hydrogen-bond acceptors (Lipinski definition) is 12. The van der Waals surface area contributed by atoms with Crippen molar-refractivity contribution >= 4 is 76.1 Å². The number of carbonyl (C=O) groups is 10. The van der Waals surface area contributed by atoms with E-state index >= 15 is 0 Å². The molecule has 2 fully saturated rings. The number of carboxylic acid groups (broad SMARTS) is 2. The van der Waals surface area contributed by atoms with Gasteiger partial charge in [-0.2, -0.15) is 0 Å². The molecule has 3 heterocycles. The molecule has 4 rings (SSSR count). The number of aromatic amines is 1. The second-order valence-corrected chi connectivity index (χ2v) is 15.9. The minimum absolute atomic E-state index is 0.00814. The van der Waals surface area contributed by atoms with Crippen molar-refractivity contribution in [1.29, 1.82) is 0 Å². The maximum atomic E-state index is 14.0. The molecule has 0 bridgehead atoms. The summed E-state index contributed by atoms with van der Waals surface area (Å²) in [7, 11) is 0. The lowest BCUT2D eigenvalue weighted by atomic mass is 10.0. The van der Waals surface area contributed by atoms with Gasteiger partial charge in [-0.1, -0.05) is 18.2 Å². The van der Waals surface area contributed by atoms with Gasteiger partial charge in [-0.15, -0.1) is 0 Å². The molecule has 2 aliphatic rings. The van der Waals surface area contributed by atoms with Crippen LogP contribution in [0.25, 0.3) is 10.9 Å². The molecule has 2 saturated heterocycles. The van der Waals surface area contributed by atoms with Crippen LogP contribution in [0.3, 0.4) is 0 Å². The number of guanidine groups is 1. The van der Waals surface area contributed by atoms with E-state index in [1.165, 1.54) is 0 Å². The number of carbonyl (C=O) groups excluding carboxylic acids is 8. The summed E-state index contributed by atoms with van der Waals surface area (Å²) in [5, 5.41) is 29.9. The number of likely N-dealkylation sites (tertiary alicyclic amines) is 2. The molecule has 25 nitrogen and oxygen atoms in total. The smallest absolute Gasteiger partial charge is 0.326 e. The fraction of sp³-hybridized carbons (Fsp3) is 0.525. The predicted octanol–water partition coefficient (Wildman–Crippen LogP) is -4.29. The number of primary amides is 2. The van der Waals surface area contributed by atoms with Crippen molar-refractivity contribution in [2.75, 3.05) is 19.6 Å². The largest absolute Gasteiger partial charge is 0.481 e. The Balaban J connectivity index is 1.49. The minimum atomic E-state index is -1.78. The summed E-state index contributed by atoms with van der Waals surface area (Å²) in [5.41, 5.74) is 29.3. The number of nitrogens with zero attached hydrogens (tertiary/aromatic N) is 3. The van der Waals surface area contributed by atoms with Crippen molar-refractivity contribution in [2.24, 2.45) is 33.7 Å². The molecule has 17 N–H and O–H groups in total. The van der Waals surface area contributed by atoms with Crippen molar-refractivity contribution in [3.8, 4) is 0 Å². The highest BCUT2D eigenvalue weighted by atomic mass is 16.4. The summed E-state index contributed by atoms with van der Waals surface area (Å²) < 4.78 is 0. The lowest BCUT2D eigenvalue weighted by Gasteiger charge is -2.31. The topological polar surface area (TPSA) is 424 Å². The number of benzene rings is 1. The number of aromatic nitrogens is 1. The average Bonchev–Trinajstić information content (AvgIpc) is 4.03. The van der Waals surface area contributed by atoms with Gasteiger partial charge in [-0.25, -0.2) is 4.79 Å². The molecule has 0 spiro atoms. The molecule has 1 aromatic carbocycles. The number of hydrogen-bond donors (Lipinski definition) is 12. The molecule has 1 aromatic heterocycles. The maximum absolute atomic E-state index is 14.0. The molecule has 25 heteroatoms. The van der Waals surface area contributed by atoms with Gasteiger partial charge in [0, 0.05) is 43.2 Å². The van der Waals surface area contributed by atoms with Crippen molar-refractivity contribution in [1.82, 2.24) is 36.1 Å². The van der Waals surface area contributed by atoms with E-state index in [-0.39, 0.29) is 77.0 Å². The monoisotopic (exact) mass is 911 g/mol. The van der Waals surface area contributed by atoms with Crippen LogP contribution in [0.1, 0.15) is 69.8 Å². The molecule has 65 heavy (non-hydrogen) atoms. The Hall–Kier alpha value is -7.31. The highest BCUT2D eigenvalue weighted by molar-refractivity contribution is 5.99. The number of rotatable bonds is 24. The van der Waals surface area contributed by atoms with Gasteiger partial charge in [-0.05, 0) is 63.0 Å². The normalized spacial score (nSPS) is 18.0. The molecular formula is C40H57N13O12. The van der Waals surface area contributed by atoms with Crippen LogP contribution in [0.2, 0.25) is 0 Å². The van der Waals surface area contributed by atoms with Crippen LogP contribution in [0.4, 0.5) is 0 Å². The Labute approximate surface area is 372 Å². The molecule has 0 unspecified atom stereocenters. The number of nitrogens with two attached hydrogens (primary N) is 5. The molecular weight excluding hydrogens is 855 g/mol. The van der Waals surface area contributed by atoms with Gasteiger partial charge in [0.2, 0.25) is 47.3 Å². The van der Waals surface area contributed by atoms with Crippen molar-refractivity contribution in [2.45, 2.75) is 113 Å². The number of aliphatic carboxylic acids is 2. The first-order valence-electron chi connectivity index (χ1n) is 21.0. The third-order valence-corrected chi connectivity index (χ3v) is 11.0. The summed E-state index contributed by atoms with van der Waals surface area (Å²) in [6, 6.07) is -2.55. The van der Waals surface area contributed by atoms with Crippen LogP contribution in [-0.4, -0.2) is 152 Å². The van der Waals surface area contributed by atoms with Crippen LogP contribution in [0, 0.1) is 0 Å². The fourth-order valence-corrected chi connectivity index (χ4v) is 7.82. The Morgan fingerprint density at radius 1 is 0.723 bits per heavy atom. The van der Waals surface area contributed by atoms with Gasteiger partial charge in [0.15, 0.2) is 5.96 Å². The number of nitrogens with one attached hydrogen (secondary N) is 5. The molecule has 0 saturated carbocycles. The zero-order valence-electron chi connectivity index (χ0n) is 35.5. The van der Waals surface area contributed by atoms with E-state index in [0.717, 1.165) is 26.3 Å². The molecule has 0 aliphatic carbocycles. The molecule has 8 amide bonds. The Morgan fingerprint density at radius 3 is 1.85 bits per heavy atom. The number of fused-ring (bicyclic) bond motifs is 1. The molecule has 7 atom stereocenters. The molecule has 354 valence electrons. The van der Waals surface area contributed by atoms with Crippen LogP contribution < -0.4 is 49.9 Å². The number of para-hydroxylation sites is 1. The van der Waals surface area contributed by atoms with Crippen LogP contribution in [0.15, 0.2) is 35.5 Å². The molecule has 0 radical (unpaired) electrons. The lowest BCUT2D eigenvalue weighted by Crippen LogP contribution is -2.60. The van der Waals surface area contributed by atoms with Crippen molar-refractivity contribution in [3.63, 3.8) is 0 Å². The third kappa shape index (κ3) is 14.4. The van der Waals surface area contributed by atoms with Gasteiger partial charge >= 0.3 is 11.9 Å². The van der Waals surface area contributed by atoms with E-state index in [1.807, 2.05) is 24.3 Å². The van der Waals surface area contributed by atoms with Crippen molar-refractivity contribution < 1.29 is 58.2 Å². The molecule has 2 aromatic rings. The standard InChI is InChI=1S/C40H57N13O12/c41-22(16-20-19-47-23-7-2-1-6-21(20)23)33(58)50-26(17-31(43)55)37(62)52-14-4-9-28(52)35(60)48-24(8-3-13-46-40(44)45)34(59)51-27(18-32(56)57)38(63)53-15-5-10-29(53)36(61)49-25(39(64)65)11-12-30(42)54/h1-2,6-7,19,22,24-29,47H,3-5,8-18,41H2,(H2,42,54)(H2,43,55)(H,48,60)(H,49,61)(H,50,58)(H,51,59)(H,56,57)(H,64,65)(H4,44,45,46)/t22-,24-,25-,26-,27-,28-,29-/m0/s1. The highest BCUT2D eigenvalue weighted by Gasteiger charge is 2.42. The number of amides is 8. The maximum Gasteiger partial charge on any atom is 0.326 e. The average molecular weight is 912 g/mol. The van der Waals surface area contributed by atoms with Crippen molar-refractivity contribution in [3.05, 3.63) is 36.0 Å².